The van der Waals surface area contributed by atoms with Crippen LogP contribution in [0.25, 0.3) is 0 Å². The molecule has 3 aromatic rings. The van der Waals surface area contributed by atoms with Crippen molar-refractivity contribution in [3.8, 4) is 5.75 Å². The van der Waals surface area contributed by atoms with E-state index in [1.54, 1.807) is 25.1 Å². The van der Waals surface area contributed by atoms with Crippen molar-refractivity contribution in [2.24, 2.45) is 5.92 Å². The highest BCUT2D eigenvalue weighted by atomic mass is 32.1. The maximum Gasteiger partial charge on any atom is 0.317 e. The number of carbonyl (C=O) groups is 3. The molecule has 2 heterocycles. The fraction of sp³-hybridized carbons (Fsp3) is 0.276. The third kappa shape index (κ3) is 4.35. The first-order valence-corrected chi connectivity index (χ1v) is 13.0. The molecular weight excluding hydrogens is 493 g/mol. The molecule has 0 saturated heterocycles. The molecule has 0 spiro atoms. The number of para-hydroxylation sites is 2. The number of amides is 1. The van der Waals surface area contributed by atoms with Crippen LogP contribution in [0.4, 0.5) is 10.1 Å². The molecule has 2 aromatic carbocycles. The third-order valence-corrected chi connectivity index (χ3v) is 7.98. The van der Waals surface area contributed by atoms with Gasteiger partial charge in [0.05, 0.1) is 19.4 Å². The number of carbonyl (C=O) groups excluding carboxylic acids is 3. The van der Waals surface area contributed by atoms with Crippen LogP contribution >= 0.6 is 11.3 Å². The molecule has 37 heavy (non-hydrogen) atoms. The number of rotatable bonds is 6. The summed E-state index contributed by atoms with van der Waals surface area (Å²) in [6, 6.07) is 17.0. The number of ketones is 1. The molecule has 0 saturated carbocycles. The summed E-state index contributed by atoms with van der Waals surface area (Å²) in [5.74, 6) is -3.59. The van der Waals surface area contributed by atoms with Gasteiger partial charge in [0.25, 0.3) is 0 Å². The first-order valence-electron chi connectivity index (χ1n) is 12.1. The topological polar surface area (TPSA) is 72.9 Å². The van der Waals surface area contributed by atoms with Crippen LogP contribution in [0.5, 0.6) is 5.75 Å². The van der Waals surface area contributed by atoms with E-state index < -0.39 is 35.3 Å². The van der Waals surface area contributed by atoms with E-state index in [9.17, 15) is 14.4 Å². The number of anilines is 1. The molecule has 2 aliphatic rings. The molecule has 0 bridgehead atoms. The fourth-order valence-corrected chi connectivity index (χ4v) is 6.30. The number of Topliss-reactive ketones (excluding diaryl/α,β-unsaturated/α-hetero) is 1. The van der Waals surface area contributed by atoms with Crippen molar-refractivity contribution in [2.75, 3.05) is 18.6 Å². The summed E-state index contributed by atoms with van der Waals surface area (Å²) in [6.07, 6.45) is 0.134. The predicted octanol–water partition coefficient (Wildman–Crippen LogP) is 5.61. The van der Waals surface area contributed by atoms with Gasteiger partial charge in [-0.15, -0.1) is 11.3 Å². The van der Waals surface area contributed by atoms with Crippen LogP contribution in [-0.2, 0) is 19.1 Å². The van der Waals surface area contributed by atoms with Crippen molar-refractivity contribution in [1.29, 1.82) is 0 Å². The van der Waals surface area contributed by atoms with Crippen LogP contribution in [-0.4, -0.2) is 31.4 Å². The van der Waals surface area contributed by atoms with Gasteiger partial charge in [-0.2, -0.15) is 0 Å². The van der Waals surface area contributed by atoms with Gasteiger partial charge in [-0.1, -0.05) is 36.4 Å². The van der Waals surface area contributed by atoms with Crippen molar-refractivity contribution in [1.82, 2.24) is 0 Å². The Bertz CT molecular complexity index is 1380. The average molecular weight is 520 g/mol. The van der Waals surface area contributed by atoms with Crippen LogP contribution in [0.15, 0.2) is 77.3 Å². The summed E-state index contributed by atoms with van der Waals surface area (Å²) in [5.41, 5.74) is 1.51. The van der Waals surface area contributed by atoms with Crippen molar-refractivity contribution in [2.45, 2.75) is 31.6 Å². The summed E-state index contributed by atoms with van der Waals surface area (Å²) in [5, 5.41) is 1.88. The Kier molecular flexibility index (Phi) is 6.93. The van der Waals surface area contributed by atoms with Gasteiger partial charge in [0.1, 0.15) is 17.5 Å². The molecule has 0 radical (unpaired) electrons. The molecule has 0 N–H and O–H groups in total. The minimum absolute atomic E-state index is 0.0709. The van der Waals surface area contributed by atoms with Crippen molar-refractivity contribution >= 4 is 34.7 Å². The molecule has 1 amide bonds. The second-order valence-corrected chi connectivity index (χ2v) is 9.94. The van der Waals surface area contributed by atoms with Crippen LogP contribution in [0, 0.1) is 11.7 Å². The number of methoxy groups -OCH3 is 1. The third-order valence-electron chi connectivity index (χ3n) is 6.98. The highest BCUT2D eigenvalue weighted by Gasteiger charge is 2.50. The smallest absolute Gasteiger partial charge is 0.317 e. The van der Waals surface area contributed by atoms with Crippen molar-refractivity contribution in [3.05, 3.63) is 93.6 Å². The van der Waals surface area contributed by atoms with E-state index in [0.29, 0.717) is 22.6 Å². The van der Waals surface area contributed by atoms with Gasteiger partial charge >= 0.3 is 5.97 Å². The van der Waals surface area contributed by atoms with E-state index in [-0.39, 0.29) is 31.0 Å². The Morgan fingerprint density at radius 1 is 1.05 bits per heavy atom. The number of nitrogens with zero attached hydrogens (tertiary/aromatic N) is 1. The highest BCUT2D eigenvalue weighted by Crippen LogP contribution is 2.51. The maximum absolute atomic E-state index is 15.0. The average Bonchev–Trinajstić information content (AvgIpc) is 3.44. The molecule has 1 aromatic heterocycles. The lowest BCUT2D eigenvalue weighted by Gasteiger charge is -2.42. The standard InChI is InChI=1S/C29H26FNO5S/c1-3-36-29(34)27-19(24-13-8-14-37-24)15-22-26(28(27)33)18(17-9-4-7-12-23(17)35-2)16-25(32)31(22)21-11-6-5-10-20(21)30/h4-14,18-19,27H,3,15-16H2,1-2H3/t18-,19+,27+/m0/s1. The van der Waals surface area contributed by atoms with E-state index in [0.717, 1.165) is 4.88 Å². The van der Waals surface area contributed by atoms with Crippen LogP contribution in [0.1, 0.15) is 42.0 Å². The van der Waals surface area contributed by atoms with Gasteiger partial charge in [-0.25, -0.2) is 4.39 Å². The summed E-state index contributed by atoms with van der Waals surface area (Å²) in [4.78, 5) is 43.4. The number of esters is 1. The van der Waals surface area contributed by atoms with E-state index in [2.05, 4.69) is 0 Å². The Morgan fingerprint density at radius 3 is 2.51 bits per heavy atom. The first-order chi connectivity index (χ1) is 18.0. The van der Waals surface area contributed by atoms with E-state index in [4.69, 9.17) is 9.47 Å². The van der Waals surface area contributed by atoms with Gasteiger partial charge in [0, 0.05) is 40.0 Å². The lowest BCUT2D eigenvalue weighted by Crippen LogP contribution is -2.46. The maximum atomic E-state index is 15.0. The molecule has 6 nitrogen and oxygen atoms in total. The second-order valence-electron chi connectivity index (χ2n) is 8.96. The molecular formula is C29H26FNO5S. The lowest BCUT2D eigenvalue weighted by molar-refractivity contribution is -0.152. The number of ether oxygens (including phenoxy) is 2. The minimum atomic E-state index is -1.06. The minimum Gasteiger partial charge on any atom is -0.496 e. The highest BCUT2D eigenvalue weighted by molar-refractivity contribution is 7.10. The summed E-state index contributed by atoms with van der Waals surface area (Å²) in [7, 11) is 1.53. The lowest BCUT2D eigenvalue weighted by atomic mass is 9.69. The monoisotopic (exact) mass is 519 g/mol. The van der Waals surface area contributed by atoms with E-state index >= 15 is 4.39 Å². The molecule has 0 fully saturated rings. The number of hydrogen-bond donors (Lipinski definition) is 0. The molecule has 1 aliphatic heterocycles. The summed E-state index contributed by atoms with van der Waals surface area (Å²) >= 11 is 1.43. The Morgan fingerprint density at radius 2 is 1.81 bits per heavy atom. The van der Waals surface area contributed by atoms with Gasteiger partial charge in [-0.05, 0) is 43.0 Å². The van der Waals surface area contributed by atoms with Crippen LogP contribution < -0.4 is 9.64 Å². The zero-order valence-corrected chi connectivity index (χ0v) is 21.3. The fourth-order valence-electron chi connectivity index (χ4n) is 5.43. The normalized spacial score (nSPS) is 21.6. The number of hydrogen-bond acceptors (Lipinski definition) is 6. The van der Waals surface area contributed by atoms with Crippen molar-refractivity contribution < 1.29 is 28.2 Å². The number of benzene rings is 2. The molecule has 8 heteroatoms. The summed E-state index contributed by atoms with van der Waals surface area (Å²) < 4.78 is 25.9. The summed E-state index contributed by atoms with van der Waals surface area (Å²) in [6.45, 7) is 1.84. The van der Waals surface area contributed by atoms with Crippen LogP contribution in [0.2, 0.25) is 0 Å². The van der Waals surface area contributed by atoms with Gasteiger partial charge in [0.2, 0.25) is 5.91 Å². The Balaban J connectivity index is 1.75. The molecule has 3 atom stereocenters. The number of allylic oxidation sites excluding steroid dienone is 2. The number of thiophene rings is 1. The van der Waals surface area contributed by atoms with E-state index in [1.165, 1.54) is 35.5 Å². The zero-order valence-electron chi connectivity index (χ0n) is 20.5. The van der Waals surface area contributed by atoms with Crippen molar-refractivity contribution in [3.63, 3.8) is 0 Å². The first kappa shape index (κ1) is 24.9. The Labute approximate surface area is 218 Å². The van der Waals surface area contributed by atoms with Crippen LogP contribution in [0.3, 0.4) is 0 Å². The molecule has 0 unspecified atom stereocenters. The largest absolute Gasteiger partial charge is 0.496 e. The molecule has 190 valence electrons. The zero-order chi connectivity index (χ0) is 26.1. The second kappa shape index (κ2) is 10.3. The molecule has 1 aliphatic carbocycles. The SMILES string of the molecule is CCOC(=O)[C@H]1C(=O)C2=C(C[C@@H]1c1cccs1)N(c1ccccc1F)C(=O)C[C@H]2c1ccccc1OC. The molecule has 5 rings (SSSR count). The predicted molar refractivity (Wildman–Crippen MR) is 138 cm³/mol. The van der Waals surface area contributed by atoms with E-state index in [1.807, 2.05) is 35.7 Å². The van der Waals surface area contributed by atoms with Gasteiger partial charge in [0.15, 0.2) is 5.78 Å². The quantitative estimate of drug-likeness (QED) is 0.313. The number of halogens is 1. The van der Waals surface area contributed by atoms with Gasteiger partial charge < -0.3 is 9.47 Å². The van der Waals surface area contributed by atoms with Gasteiger partial charge in [-0.3, -0.25) is 19.3 Å². The Hall–Kier alpha value is -3.78.